The van der Waals surface area contributed by atoms with E-state index in [4.69, 9.17) is 0 Å². The molecule has 0 saturated carbocycles. The third-order valence-electron chi connectivity index (χ3n) is 3.12. The zero-order valence-corrected chi connectivity index (χ0v) is 11.1. The van der Waals surface area contributed by atoms with Crippen LogP contribution in [0.2, 0.25) is 0 Å². The molecule has 3 heteroatoms. The van der Waals surface area contributed by atoms with Gasteiger partial charge < -0.3 is 4.90 Å². The number of anilines is 1. The zero-order valence-electron chi connectivity index (χ0n) is 9.55. The number of hydrogen-bond acceptors (Lipinski definition) is 2. The fraction of sp³-hybridized carbons (Fsp3) is 0.583. The van der Waals surface area contributed by atoms with Gasteiger partial charge in [0.25, 0.3) is 0 Å². The van der Waals surface area contributed by atoms with Crippen LogP contribution in [0.5, 0.6) is 0 Å². The first-order valence-corrected chi connectivity index (χ1v) is 6.20. The van der Waals surface area contributed by atoms with Gasteiger partial charge in [-0.05, 0) is 61.2 Å². The molecule has 1 fully saturated rings. The van der Waals surface area contributed by atoms with Crippen LogP contribution in [0, 0.1) is 6.92 Å². The number of hydrogen-bond donors (Lipinski definition) is 0. The smallest absolute Gasteiger partial charge is 0.143 e. The first-order chi connectivity index (χ1) is 7.00. The van der Waals surface area contributed by atoms with Crippen molar-refractivity contribution in [2.75, 3.05) is 11.4 Å². The van der Waals surface area contributed by atoms with E-state index in [9.17, 15) is 0 Å². The Morgan fingerprint density at radius 1 is 1.47 bits per heavy atom. The number of halogens is 1. The van der Waals surface area contributed by atoms with Gasteiger partial charge in [-0.15, -0.1) is 0 Å². The van der Waals surface area contributed by atoms with Gasteiger partial charge in [-0.25, -0.2) is 4.98 Å². The van der Waals surface area contributed by atoms with Crippen molar-refractivity contribution in [1.29, 1.82) is 0 Å². The average molecular weight is 269 g/mol. The molecule has 0 unspecified atom stereocenters. The Hall–Kier alpha value is -0.570. The summed E-state index contributed by atoms with van der Waals surface area (Å²) in [5.74, 6) is 1.09. The van der Waals surface area contributed by atoms with Gasteiger partial charge in [0, 0.05) is 18.3 Å². The van der Waals surface area contributed by atoms with Crippen molar-refractivity contribution in [3.8, 4) is 0 Å². The second-order valence-corrected chi connectivity index (χ2v) is 5.74. The van der Waals surface area contributed by atoms with Crippen LogP contribution in [-0.4, -0.2) is 17.1 Å². The molecule has 1 saturated heterocycles. The fourth-order valence-corrected chi connectivity index (χ4v) is 2.90. The van der Waals surface area contributed by atoms with Gasteiger partial charge in [0.05, 0.1) is 4.47 Å². The Labute approximate surface area is 99.8 Å². The van der Waals surface area contributed by atoms with Gasteiger partial charge >= 0.3 is 0 Å². The maximum Gasteiger partial charge on any atom is 0.143 e. The Morgan fingerprint density at radius 3 is 2.73 bits per heavy atom. The third kappa shape index (κ3) is 2.03. The third-order valence-corrected chi connectivity index (χ3v) is 3.70. The summed E-state index contributed by atoms with van der Waals surface area (Å²) in [6.45, 7) is 7.75. The molecule has 1 aromatic heterocycles. The molecule has 2 heterocycles. The highest BCUT2D eigenvalue weighted by Gasteiger charge is 2.33. The van der Waals surface area contributed by atoms with E-state index in [1.807, 2.05) is 6.20 Å². The van der Waals surface area contributed by atoms with Crippen LogP contribution in [0.15, 0.2) is 16.7 Å². The van der Waals surface area contributed by atoms with Crippen molar-refractivity contribution in [2.24, 2.45) is 0 Å². The van der Waals surface area contributed by atoms with E-state index in [0.29, 0.717) is 0 Å². The topological polar surface area (TPSA) is 16.1 Å². The molecule has 1 aromatic rings. The second-order valence-electron chi connectivity index (χ2n) is 4.89. The van der Waals surface area contributed by atoms with E-state index < -0.39 is 0 Å². The highest BCUT2D eigenvalue weighted by Crippen LogP contribution is 2.36. The van der Waals surface area contributed by atoms with Crippen LogP contribution >= 0.6 is 15.9 Å². The lowest BCUT2D eigenvalue weighted by molar-refractivity contribution is 0.513. The summed E-state index contributed by atoms with van der Waals surface area (Å²) in [5, 5.41) is 0. The Kier molecular flexibility index (Phi) is 2.75. The summed E-state index contributed by atoms with van der Waals surface area (Å²) in [4.78, 5) is 6.93. The maximum atomic E-state index is 4.53. The van der Waals surface area contributed by atoms with E-state index in [0.717, 1.165) is 16.8 Å². The minimum Gasteiger partial charge on any atom is -0.351 e. The van der Waals surface area contributed by atoms with Crippen molar-refractivity contribution in [3.05, 3.63) is 22.3 Å². The van der Waals surface area contributed by atoms with Crippen LogP contribution in [-0.2, 0) is 0 Å². The standard InChI is InChI=1S/C12H17BrN2/c1-9-7-10(13)11(14-8-9)15-6-4-5-12(15,2)3/h7-8H,4-6H2,1-3H3. The van der Waals surface area contributed by atoms with Crippen LogP contribution in [0.25, 0.3) is 0 Å². The predicted octanol–water partition coefficient (Wildman–Crippen LogP) is 3.53. The first kappa shape index (κ1) is 10.9. The molecule has 0 N–H and O–H groups in total. The molecule has 82 valence electrons. The number of nitrogens with zero attached hydrogens (tertiary/aromatic N) is 2. The molecule has 0 amide bonds. The number of aryl methyl sites for hydroxylation is 1. The number of rotatable bonds is 1. The molecule has 0 aliphatic carbocycles. The molecular formula is C12H17BrN2. The number of aromatic nitrogens is 1. The van der Waals surface area contributed by atoms with Gasteiger partial charge in [-0.1, -0.05) is 0 Å². The van der Waals surface area contributed by atoms with E-state index >= 15 is 0 Å². The minimum absolute atomic E-state index is 0.241. The Bertz CT molecular complexity index is 374. The summed E-state index contributed by atoms with van der Waals surface area (Å²) in [7, 11) is 0. The monoisotopic (exact) mass is 268 g/mol. The van der Waals surface area contributed by atoms with Gasteiger partial charge in [0.2, 0.25) is 0 Å². The van der Waals surface area contributed by atoms with Crippen molar-refractivity contribution >= 4 is 21.7 Å². The molecule has 0 radical (unpaired) electrons. The van der Waals surface area contributed by atoms with Gasteiger partial charge in [-0.2, -0.15) is 0 Å². The molecule has 0 atom stereocenters. The molecule has 0 spiro atoms. The van der Waals surface area contributed by atoms with E-state index in [1.54, 1.807) is 0 Å². The van der Waals surface area contributed by atoms with E-state index in [2.05, 4.69) is 52.7 Å². The molecule has 2 nitrogen and oxygen atoms in total. The summed E-state index contributed by atoms with van der Waals surface area (Å²) in [5.41, 5.74) is 1.44. The van der Waals surface area contributed by atoms with Gasteiger partial charge in [-0.3, -0.25) is 0 Å². The lowest BCUT2D eigenvalue weighted by atomic mass is 10.0. The summed E-state index contributed by atoms with van der Waals surface area (Å²) in [6.07, 6.45) is 4.44. The highest BCUT2D eigenvalue weighted by molar-refractivity contribution is 9.10. The molecule has 0 bridgehead atoms. The largest absolute Gasteiger partial charge is 0.351 e. The average Bonchev–Trinajstić information content (AvgIpc) is 2.46. The Morgan fingerprint density at radius 2 is 2.20 bits per heavy atom. The van der Waals surface area contributed by atoms with Crippen molar-refractivity contribution in [3.63, 3.8) is 0 Å². The minimum atomic E-state index is 0.241. The van der Waals surface area contributed by atoms with Crippen LogP contribution < -0.4 is 4.90 Å². The van der Waals surface area contributed by atoms with Crippen LogP contribution in [0.3, 0.4) is 0 Å². The van der Waals surface area contributed by atoms with Crippen LogP contribution in [0.4, 0.5) is 5.82 Å². The molecule has 1 aliphatic heterocycles. The van der Waals surface area contributed by atoms with Gasteiger partial charge in [0.15, 0.2) is 0 Å². The maximum absolute atomic E-state index is 4.53. The van der Waals surface area contributed by atoms with Crippen LogP contribution in [0.1, 0.15) is 32.3 Å². The predicted molar refractivity (Wildman–Crippen MR) is 67.3 cm³/mol. The first-order valence-electron chi connectivity index (χ1n) is 5.40. The molecule has 0 aromatic carbocycles. The van der Waals surface area contributed by atoms with Crippen molar-refractivity contribution in [1.82, 2.24) is 4.98 Å². The lowest BCUT2D eigenvalue weighted by Crippen LogP contribution is -2.38. The summed E-state index contributed by atoms with van der Waals surface area (Å²) >= 11 is 3.60. The summed E-state index contributed by atoms with van der Waals surface area (Å²) in [6, 6.07) is 2.14. The SMILES string of the molecule is Cc1cnc(N2CCCC2(C)C)c(Br)c1. The molecule has 15 heavy (non-hydrogen) atoms. The normalized spacial score (nSPS) is 19.6. The van der Waals surface area contributed by atoms with Crippen molar-refractivity contribution in [2.45, 2.75) is 39.2 Å². The van der Waals surface area contributed by atoms with Crippen molar-refractivity contribution < 1.29 is 0 Å². The quantitative estimate of drug-likeness (QED) is 0.775. The lowest BCUT2D eigenvalue weighted by Gasteiger charge is -2.33. The highest BCUT2D eigenvalue weighted by atomic mass is 79.9. The molecular weight excluding hydrogens is 252 g/mol. The van der Waals surface area contributed by atoms with E-state index in [1.165, 1.54) is 18.4 Å². The fourth-order valence-electron chi connectivity index (χ4n) is 2.22. The summed E-state index contributed by atoms with van der Waals surface area (Å²) < 4.78 is 1.11. The molecule has 1 aliphatic rings. The number of pyridine rings is 1. The molecule has 2 rings (SSSR count). The second kappa shape index (κ2) is 3.78. The van der Waals surface area contributed by atoms with Gasteiger partial charge in [0.1, 0.15) is 5.82 Å². The van der Waals surface area contributed by atoms with E-state index in [-0.39, 0.29) is 5.54 Å². The zero-order chi connectivity index (χ0) is 11.1. The Balaban J connectivity index is 2.37.